The van der Waals surface area contributed by atoms with E-state index in [1.807, 2.05) is 11.5 Å². The van der Waals surface area contributed by atoms with Gasteiger partial charge >= 0.3 is 5.69 Å². The molecule has 0 aromatic carbocycles. The Morgan fingerprint density at radius 1 is 0.962 bits per heavy atom. The molecule has 0 unspecified atom stereocenters. The fourth-order valence-electron chi connectivity index (χ4n) is 3.42. The van der Waals surface area contributed by atoms with Crippen LogP contribution in [-0.2, 0) is 27.1 Å². The van der Waals surface area contributed by atoms with Crippen molar-refractivity contribution in [3.8, 4) is 0 Å². The Balaban J connectivity index is 0.00000338. The summed E-state index contributed by atoms with van der Waals surface area (Å²) in [4.78, 5) is 31.8. The lowest BCUT2D eigenvalue weighted by Gasteiger charge is -2.21. The number of nitrogens with zero attached hydrogens (tertiary/aromatic N) is 5. The predicted octanol–water partition coefficient (Wildman–Crippen LogP) is 1.93. The summed E-state index contributed by atoms with van der Waals surface area (Å²) in [5, 5.41) is 0. The summed E-state index contributed by atoms with van der Waals surface area (Å²) >= 11 is 0. The van der Waals surface area contributed by atoms with Gasteiger partial charge in [-0.1, -0.05) is 20.8 Å². The molecule has 0 amide bonds. The van der Waals surface area contributed by atoms with Crippen molar-refractivity contribution in [1.29, 1.82) is 0 Å². The van der Waals surface area contributed by atoms with Gasteiger partial charge in [0.25, 0.3) is 5.56 Å². The molecule has 7 nitrogen and oxygen atoms in total. The molecular weight excluding hydrogens is 354 g/mol. The van der Waals surface area contributed by atoms with Gasteiger partial charge < -0.3 is 9.47 Å². The molecule has 2 aromatic heterocycles. The topological polar surface area (TPSA) is 65.1 Å². The van der Waals surface area contributed by atoms with Crippen molar-refractivity contribution in [3.05, 3.63) is 26.7 Å². The number of imidazole rings is 1. The zero-order valence-corrected chi connectivity index (χ0v) is 17.4. The molecule has 0 fully saturated rings. The zero-order valence-electron chi connectivity index (χ0n) is 16.6. The fourth-order valence-corrected chi connectivity index (χ4v) is 3.42. The number of rotatable bonds is 9. The lowest BCUT2D eigenvalue weighted by molar-refractivity contribution is 0.266. The maximum absolute atomic E-state index is 12.6. The monoisotopic (exact) mass is 385 g/mol. The first-order chi connectivity index (χ1) is 12.0. The number of aryl methyl sites for hydroxylation is 3. The van der Waals surface area contributed by atoms with E-state index in [0.29, 0.717) is 11.2 Å². The van der Waals surface area contributed by atoms with E-state index in [4.69, 9.17) is 0 Å². The Morgan fingerprint density at radius 3 is 2.12 bits per heavy atom. The Hall–Kier alpha value is -1.60. The van der Waals surface area contributed by atoms with Crippen molar-refractivity contribution in [1.82, 2.24) is 23.6 Å². The molecule has 0 aliphatic heterocycles. The molecule has 0 saturated heterocycles. The van der Waals surface area contributed by atoms with E-state index >= 15 is 0 Å². The quantitative estimate of drug-likeness (QED) is 0.661. The predicted molar refractivity (Wildman–Crippen MR) is 108 cm³/mol. The van der Waals surface area contributed by atoms with Crippen LogP contribution in [0, 0.1) is 0 Å². The van der Waals surface area contributed by atoms with Gasteiger partial charge in [0.15, 0.2) is 11.2 Å². The summed E-state index contributed by atoms with van der Waals surface area (Å²) in [7, 11) is 3.20. The highest BCUT2D eigenvalue weighted by molar-refractivity contribution is 5.85. The minimum Gasteiger partial charge on any atom is -0.322 e. The number of hydrogen-bond donors (Lipinski definition) is 0. The van der Waals surface area contributed by atoms with Gasteiger partial charge in [0.1, 0.15) is 5.82 Å². The molecule has 2 heterocycles. The third-order valence-electron chi connectivity index (χ3n) is 4.68. The minimum absolute atomic E-state index is 0. The van der Waals surface area contributed by atoms with Crippen LogP contribution in [0.25, 0.3) is 11.2 Å². The lowest BCUT2D eigenvalue weighted by Crippen LogP contribution is -2.37. The van der Waals surface area contributed by atoms with Crippen molar-refractivity contribution in [3.63, 3.8) is 0 Å². The van der Waals surface area contributed by atoms with Crippen molar-refractivity contribution in [2.24, 2.45) is 14.1 Å². The van der Waals surface area contributed by atoms with Crippen LogP contribution in [0.3, 0.4) is 0 Å². The van der Waals surface area contributed by atoms with Gasteiger partial charge in [0.2, 0.25) is 0 Å². The number of hydrogen-bond acceptors (Lipinski definition) is 4. The van der Waals surface area contributed by atoms with Crippen LogP contribution < -0.4 is 11.2 Å². The smallest absolute Gasteiger partial charge is 0.322 e. The van der Waals surface area contributed by atoms with Crippen LogP contribution in [-0.4, -0.2) is 43.2 Å². The third-order valence-corrected chi connectivity index (χ3v) is 4.68. The number of aromatic nitrogens is 4. The van der Waals surface area contributed by atoms with E-state index in [-0.39, 0.29) is 23.7 Å². The molecule has 0 N–H and O–H groups in total. The Morgan fingerprint density at radius 2 is 1.58 bits per heavy atom. The molecule has 0 spiro atoms. The van der Waals surface area contributed by atoms with Crippen LogP contribution in [0.2, 0.25) is 0 Å². The molecule has 0 aliphatic rings. The zero-order chi connectivity index (χ0) is 18.6. The standard InChI is InChI=1S/C18H31N5O2.ClH/c1-6-10-22(11-7-2)12-9-13-23-14(8-3)19-16-15(23)17(24)21(5)18(25)20(16)4;/h6-13H2,1-5H3;1H. The van der Waals surface area contributed by atoms with Crippen molar-refractivity contribution in [2.75, 3.05) is 19.6 Å². The summed E-state index contributed by atoms with van der Waals surface area (Å²) in [6.45, 7) is 10.4. The van der Waals surface area contributed by atoms with Crippen LogP contribution in [0.4, 0.5) is 0 Å². The molecule has 0 saturated carbocycles. The van der Waals surface area contributed by atoms with Gasteiger partial charge in [-0.2, -0.15) is 0 Å². The van der Waals surface area contributed by atoms with Crippen molar-refractivity contribution >= 4 is 23.6 Å². The second-order valence-electron chi connectivity index (χ2n) is 6.61. The first kappa shape index (κ1) is 22.4. The molecule has 0 aliphatic carbocycles. The number of halogens is 1. The Labute approximate surface area is 161 Å². The van der Waals surface area contributed by atoms with E-state index in [0.717, 1.165) is 57.7 Å². The van der Waals surface area contributed by atoms with E-state index in [2.05, 4.69) is 23.7 Å². The Bertz CT molecular complexity index is 831. The molecule has 8 heteroatoms. The molecule has 2 rings (SSSR count). The van der Waals surface area contributed by atoms with Crippen LogP contribution in [0.5, 0.6) is 0 Å². The van der Waals surface area contributed by atoms with Crippen LogP contribution >= 0.6 is 12.4 Å². The van der Waals surface area contributed by atoms with Crippen molar-refractivity contribution in [2.45, 2.75) is 53.0 Å². The first-order valence-electron chi connectivity index (χ1n) is 9.33. The SMILES string of the molecule is CCCN(CCC)CCCn1c(CC)nc2c1c(=O)n(C)c(=O)n2C.Cl. The normalized spacial score (nSPS) is 11.3. The average molecular weight is 386 g/mol. The molecule has 0 radical (unpaired) electrons. The summed E-state index contributed by atoms with van der Waals surface area (Å²) in [6.07, 6.45) is 4.00. The first-order valence-corrected chi connectivity index (χ1v) is 9.33. The van der Waals surface area contributed by atoms with Gasteiger partial charge in [0, 0.05) is 27.1 Å². The average Bonchev–Trinajstić information content (AvgIpc) is 2.97. The van der Waals surface area contributed by atoms with Gasteiger partial charge in [-0.05, 0) is 38.9 Å². The second kappa shape index (κ2) is 9.92. The third kappa shape index (κ3) is 4.38. The highest BCUT2D eigenvalue weighted by atomic mass is 35.5. The van der Waals surface area contributed by atoms with E-state index in [1.54, 1.807) is 7.05 Å². The molecule has 0 bridgehead atoms. The molecular formula is C18H32ClN5O2. The highest BCUT2D eigenvalue weighted by Gasteiger charge is 2.18. The molecule has 148 valence electrons. The van der Waals surface area contributed by atoms with Crippen LogP contribution in [0.15, 0.2) is 9.59 Å². The maximum atomic E-state index is 12.6. The largest absolute Gasteiger partial charge is 0.332 e. The lowest BCUT2D eigenvalue weighted by atomic mass is 10.3. The highest BCUT2D eigenvalue weighted by Crippen LogP contribution is 2.13. The summed E-state index contributed by atoms with van der Waals surface area (Å²) in [5.41, 5.74) is 0.439. The van der Waals surface area contributed by atoms with Gasteiger partial charge in [0.05, 0.1) is 0 Å². The van der Waals surface area contributed by atoms with Gasteiger partial charge in [-0.3, -0.25) is 13.9 Å². The van der Waals surface area contributed by atoms with E-state index < -0.39 is 0 Å². The summed E-state index contributed by atoms with van der Waals surface area (Å²) in [6, 6.07) is 0. The fraction of sp³-hybridized carbons (Fsp3) is 0.722. The molecule has 26 heavy (non-hydrogen) atoms. The summed E-state index contributed by atoms with van der Waals surface area (Å²) < 4.78 is 4.64. The number of fused-ring (bicyclic) bond motifs is 1. The Kier molecular flexibility index (Phi) is 8.56. The van der Waals surface area contributed by atoms with Crippen molar-refractivity contribution < 1.29 is 0 Å². The molecule has 2 aromatic rings. The van der Waals surface area contributed by atoms with Gasteiger partial charge in [-0.25, -0.2) is 9.78 Å². The van der Waals surface area contributed by atoms with E-state index in [9.17, 15) is 9.59 Å². The van der Waals surface area contributed by atoms with E-state index in [1.165, 1.54) is 16.2 Å². The summed E-state index contributed by atoms with van der Waals surface area (Å²) in [5.74, 6) is 0.867. The van der Waals surface area contributed by atoms with Gasteiger partial charge in [-0.15, -0.1) is 12.4 Å². The minimum atomic E-state index is -0.332. The molecule has 0 atom stereocenters. The maximum Gasteiger partial charge on any atom is 0.332 e. The van der Waals surface area contributed by atoms with Crippen LogP contribution in [0.1, 0.15) is 45.9 Å². The second-order valence-corrected chi connectivity index (χ2v) is 6.61.